The summed E-state index contributed by atoms with van der Waals surface area (Å²) in [5.41, 5.74) is 0.922. The first-order chi connectivity index (χ1) is 20.9. The quantitative estimate of drug-likeness (QED) is 0.236. The summed E-state index contributed by atoms with van der Waals surface area (Å²) in [6.45, 7) is 5.61. The van der Waals surface area contributed by atoms with Crippen LogP contribution in [0.25, 0.3) is 10.8 Å². The predicted molar refractivity (Wildman–Crippen MR) is 178 cm³/mol. The highest BCUT2D eigenvalue weighted by Gasteiger charge is 2.34. The van der Waals surface area contributed by atoms with Crippen LogP contribution in [0.3, 0.4) is 0 Å². The van der Waals surface area contributed by atoms with E-state index in [9.17, 15) is 24.0 Å². The van der Waals surface area contributed by atoms with E-state index in [2.05, 4.69) is 22.5 Å². The zero-order chi connectivity index (χ0) is 32.3. The van der Waals surface area contributed by atoms with Crippen molar-refractivity contribution in [1.29, 1.82) is 0 Å². The summed E-state index contributed by atoms with van der Waals surface area (Å²) in [7, 11) is -1.32. The molecule has 1 saturated carbocycles. The van der Waals surface area contributed by atoms with Gasteiger partial charge in [0.15, 0.2) is 0 Å². The van der Waals surface area contributed by atoms with Gasteiger partial charge in [0.1, 0.15) is 12.1 Å². The maximum Gasteiger partial charge on any atom is 0.243 e. The standard InChI is InChI=1S/C36H48N2O5S/c1-6-13-30(35(42)38-31(33(40)32(39)14-7-2)23-25-15-9-8-10-16-25)37-34(41)29(24-44(43)36(3,4)5)22-26-19-20-27-17-11-12-18-28(27)21-26/h1-2,11-12,17-21,25,29-33,39-40H,8-10,13-16,22-24H2,3-5H3,(H,37,41)(H,38,42)/t29-,30+,31+,32+,33-,44?/m1/s1. The number of amides is 2. The van der Waals surface area contributed by atoms with Gasteiger partial charge < -0.3 is 20.8 Å². The second-order valence-electron chi connectivity index (χ2n) is 13.0. The van der Waals surface area contributed by atoms with E-state index in [4.69, 9.17) is 12.8 Å². The molecule has 1 aliphatic rings. The Hall–Kier alpha value is -3.17. The van der Waals surface area contributed by atoms with E-state index in [1.165, 1.54) is 0 Å². The SMILES string of the molecule is C#CC[C@H](NC(=O)[C@H](Cc1ccc2ccccc2c1)CS(=O)C(C)(C)C)C(=O)N[C@@H](CC1CCCCC1)[C@@H](O)[C@@H](O)CC#C. The Morgan fingerprint density at radius 1 is 0.955 bits per heavy atom. The fourth-order valence-corrected chi connectivity index (χ4v) is 6.92. The van der Waals surface area contributed by atoms with Gasteiger partial charge in [0.05, 0.1) is 18.1 Å². The van der Waals surface area contributed by atoms with Crippen LogP contribution in [0.4, 0.5) is 0 Å². The molecule has 3 rings (SSSR count). The van der Waals surface area contributed by atoms with E-state index in [-0.39, 0.29) is 18.6 Å². The van der Waals surface area contributed by atoms with Crippen molar-refractivity contribution < 1.29 is 24.0 Å². The lowest BCUT2D eigenvalue weighted by molar-refractivity contribution is -0.132. The Kier molecular flexibility index (Phi) is 13.5. The van der Waals surface area contributed by atoms with Crippen LogP contribution in [0.1, 0.15) is 77.7 Å². The zero-order valence-corrected chi connectivity index (χ0v) is 27.1. The molecule has 44 heavy (non-hydrogen) atoms. The molecule has 2 amide bonds. The third-order valence-corrected chi connectivity index (χ3v) is 10.5. The first kappa shape index (κ1) is 35.3. The largest absolute Gasteiger partial charge is 0.389 e. The predicted octanol–water partition coefficient (Wildman–Crippen LogP) is 4.25. The highest BCUT2D eigenvalue weighted by atomic mass is 32.2. The molecule has 0 aromatic heterocycles. The van der Waals surface area contributed by atoms with Crippen LogP contribution in [0.5, 0.6) is 0 Å². The molecular formula is C36H48N2O5S. The number of hydrogen-bond donors (Lipinski definition) is 4. The van der Waals surface area contributed by atoms with Crippen molar-refractivity contribution in [3.8, 4) is 24.7 Å². The van der Waals surface area contributed by atoms with E-state index in [1.54, 1.807) is 0 Å². The maximum absolute atomic E-state index is 13.8. The second kappa shape index (κ2) is 16.8. The van der Waals surface area contributed by atoms with Gasteiger partial charge in [-0.15, -0.1) is 24.7 Å². The number of rotatable bonds is 14. The highest BCUT2D eigenvalue weighted by Crippen LogP contribution is 2.29. The number of carbonyl (C=O) groups is 2. The van der Waals surface area contributed by atoms with E-state index in [0.717, 1.165) is 48.4 Å². The smallest absolute Gasteiger partial charge is 0.243 e. The zero-order valence-electron chi connectivity index (χ0n) is 26.3. The van der Waals surface area contributed by atoms with E-state index >= 15 is 0 Å². The Morgan fingerprint density at radius 2 is 1.61 bits per heavy atom. The van der Waals surface area contributed by atoms with Crippen molar-refractivity contribution in [2.24, 2.45) is 11.8 Å². The molecule has 2 aromatic rings. The van der Waals surface area contributed by atoms with Gasteiger partial charge >= 0.3 is 0 Å². The van der Waals surface area contributed by atoms with Crippen molar-refractivity contribution >= 4 is 33.4 Å². The lowest BCUT2D eigenvalue weighted by Crippen LogP contribution is -2.56. The number of carbonyl (C=O) groups excluding carboxylic acids is 2. The van der Waals surface area contributed by atoms with Crippen LogP contribution in [-0.2, 0) is 26.8 Å². The first-order valence-electron chi connectivity index (χ1n) is 15.6. The molecule has 7 nitrogen and oxygen atoms in total. The van der Waals surface area contributed by atoms with Gasteiger partial charge in [-0.05, 0) is 55.9 Å². The summed E-state index contributed by atoms with van der Waals surface area (Å²) in [4.78, 5) is 27.4. The summed E-state index contributed by atoms with van der Waals surface area (Å²) in [6, 6.07) is 12.1. The van der Waals surface area contributed by atoms with Crippen molar-refractivity contribution in [3.05, 3.63) is 48.0 Å². The average Bonchev–Trinajstić information content (AvgIpc) is 2.99. The van der Waals surface area contributed by atoms with E-state index in [0.29, 0.717) is 18.8 Å². The van der Waals surface area contributed by atoms with Crippen molar-refractivity contribution in [1.82, 2.24) is 10.6 Å². The Morgan fingerprint density at radius 3 is 2.25 bits per heavy atom. The minimum atomic E-state index is -1.32. The van der Waals surface area contributed by atoms with Gasteiger partial charge in [-0.25, -0.2) is 0 Å². The van der Waals surface area contributed by atoms with Crippen LogP contribution in [0.15, 0.2) is 42.5 Å². The van der Waals surface area contributed by atoms with Gasteiger partial charge in [-0.2, -0.15) is 0 Å². The maximum atomic E-state index is 13.8. The molecule has 0 aliphatic heterocycles. The lowest BCUT2D eigenvalue weighted by Gasteiger charge is -2.33. The molecule has 1 aliphatic carbocycles. The minimum absolute atomic E-state index is 0.0515. The third kappa shape index (κ3) is 10.5. The number of aliphatic hydroxyl groups excluding tert-OH is 2. The molecule has 0 radical (unpaired) electrons. The molecular weight excluding hydrogens is 572 g/mol. The summed E-state index contributed by atoms with van der Waals surface area (Å²) >= 11 is 0. The number of terminal acetylenes is 2. The van der Waals surface area contributed by atoms with E-state index in [1.807, 2.05) is 63.2 Å². The fourth-order valence-electron chi connectivity index (χ4n) is 5.79. The van der Waals surface area contributed by atoms with Gasteiger partial charge in [0.2, 0.25) is 11.8 Å². The molecule has 0 saturated heterocycles. The molecule has 0 bridgehead atoms. The fraction of sp³-hybridized carbons (Fsp3) is 0.556. The van der Waals surface area contributed by atoms with Crippen molar-refractivity contribution in [3.63, 3.8) is 0 Å². The summed E-state index contributed by atoms with van der Waals surface area (Å²) in [5, 5.41) is 29.3. The summed E-state index contributed by atoms with van der Waals surface area (Å²) in [5.74, 6) is 3.63. The minimum Gasteiger partial charge on any atom is -0.389 e. The molecule has 0 heterocycles. The molecule has 1 fully saturated rings. The molecule has 2 aromatic carbocycles. The van der Waals surface area contributed by atoms with Gasteiger partial charge in [0, 0.05) is 34.1 Å². The number of benzene rings is 2. The van der Waals surface area contributed by atoms with Gasteiger partial charge in [0.25, 0.3) is 0 Å². The summed E-state index contributed by atoms with van der Waals surface area (Å²) < 4.78 is 12.7. The molecule has 6 atom stereocenters. The molecule has 0 spiro atoms. The Bertz CT molecular complexity index is 1370. The Labute approximate surface area is 265 Å². The first-order valence-corrected chi connectivity index (χ1v) is 16.9. The monoisotopic (exact) mass is 620 g/mol. The van der Waals surface area contributed by atoms with E-state index < -0.39 is 57.6 Å². The normalized spacial score (nSPS) is 18.2. The van der Waals surface area contributed by atoms with Gasteiger partial charge in [-0.1, -0.05) is 74.6 Å². The van der Waals surface area contributed by atoms with Gasteiger partial charge in [-0.3, -0.25) is 13.8 Å². The Balaban J connectivity index is 1.81. The topological polar surface area (TPSA) is 116 Å². The number of nitrogens with one attached hydrogen (secondary N) is 2. The molecule has 238 valence electrons. The molecule has 4 N–H and O–H groups in total. The molecule has 8 heteroatoms. The average molecular weight is 621 g/mol. The second-order valence-corrected chi connectivity index (χ2v) is 15.2. The van der Waals surface area contributed by atoms with Crippen molar-refractivity contribution in [2.45, 2.75) is 108 Å². The third-order valence-electron chi connectivity index (χ3n) is 8.43. The number of aliphatic hydroxyl groups is 2. The highest BCUT2D eigenvalue weighted by molar-refractivity contribution is 7.86. The van der Waals surface area contributed by atoms with Crippen LogP contribution >= 0.6 is 0 Å². The summed E-state index contributed by atoms with van der Waals surface area (Å²) in [6.07, 6.45) is 14.5. The lowest BCUT2D eigenvalue weighted by atomic mass is 9.82. The van der Waals surface area contributed by atoms with Crippen LogP contribution < -0.4 is 10.6 Å². The number of hydrogen-bond acceptors (Lipinski definition) is 5. The van der Waals surface area contributed by atoms with Crippen LogP contribution in [0, 0.1) is 36.5 Å². The van der Waals surface area contributed by atoms with Crippen molar-refractivity contribution in [2.75, 3.05) is 5.75 Å². The van der Waals surface area contributed by atoms with Crippen LogP contribution in [-0.4, -0.2) is 61.0 Å². The number of fused-ring (bicyclic) bond motifs is 1. The van der Waals surface area contributed by atoms with Crippen LogP contribution in [0.2, 0.25) is 0 Å². The molecule has 1 unspecified atom stereocenters.